The van der Waals surface area contributed by atoms with Crippen LogP contribution in [0, 0.1) is 0 Å². The molecule has 0 aliphatic carbocycles. The van der Waals surface area contributed by atoms with Crippen LogP contribution < -0.4 is 4.90 Å². The van der Waals surface area contributed by atoms with Gasteiger partial charge in [-0.2, -0.15) is 0 Å². The van der Waals surface area contributed by atoms with Crippen LogP contribution in [0.1, 0.15) is 31.3 Å². The fourth-order valence-corrected chi connectivity index (χ4v) is 3.46. The molecule has 0 atom stereocenters. The molecule has 0 saturated carbocycles. The van der Waals surface area contributed by atoms with Gasteiger partial charge in [0.1, 0.15) is 23.7 Å². The monoisotopic (exact) mass is 474 g/mol. The van der Waals surface area contributed by atoms with E-state index in [1.54, 1.807) is 39.0 Å². The van der Waals surface area contributed by atoms with Gasteiger partial charge in [0.15, 0.2) is 0 Å². The summed E-state index contributed by atoms with van der Waals surface area (Å²) in [7, 11) is 3.59. The van der Waals surface area contributed by atoms with Crippen LogP contribution in [0.25, 0.3) is 10.9 Å². The Morgan fingerprint density at radius 3 is 2.15 bits per heavy atom. The lowest BCUT2D eigenvalue weighted by molar-refractivity contribution is -0.140. The zero-order valence-electron chi connectivity index (χ0n) is 19.8. The Morgan fingerprint density at radius 2 is 1.56 bits per heavy atom. The average Bonchev–Trinajstić information content (AvgIpc) is 3.19. The summed E-state index contributed by atoms with van der Waals surface area (Å²) in [5.74, 6) is -2.23. The van der Waals surface area contributed by atoms with E-state index in [9.17, 15) is 19.2 Å². The van der Waals surface area contributed by atoms with Crippen LogP contribution in [0.3, 0.4) is 0 Å². The molecular weight excluding hydrogens is 448 g/mol. The van der Waals surface area contributed by atoms with Gasteiger partial charge < -0.3 is 28.6 Å². The van der Waals surface area contributed by atoms with Gasteiger partial charge in [0.2, 0.25) is 0 Å². The molecule has 0 N–H and O–H groups in total. The summed E-state index contributed by atoms with van der Waals surface area (Å²) >= 11 is 0. The molecule has 182 valence electrons. The van der Waals surface area contributed by atoms with Crippen LogP contribution in [0.4, 0.5) is 10.5 Å². The third kappa shape index (κ3) is 4.74. The minimum Gasteiger partial charge on any atom is -0.466 e. The Balaban J connectivity index is 2.22. The van der Waals surface area contributed by atoms with Crippen molar-refractivity contribution in [3.8, 4) is 0 Å². The summed E-state index contributed by atoms with van der Waals surface area (Å²) < 4.78 is 26.6. The van der Waals surface area contributed by atoms with E-state index < -0.39 is 29.6 Å². The van der Waals surface area contributed by atoms with E-state index in [0.29, 0.717) is 16.6 Å². The minimum absolute atomic E-state index is 0.0153. The molecule has 11 nitrogen and oxygen atoms in total. The highest BCUT2D eigenvalue weighted by atomic mass is 16.6. The highest BCUT2D eigenvalue weighted by Crippen LogP contribution is 2.31. The van der Waals surface area contributed by atoms with Crippen LogP contribution >= 0.6 is 0 Å². The molecule has 0 amide bonds. The normalized spacial score (nSPS) is 14.1. The molecule has 0 spiro atoms. The molecular formula is C23H26N2O9. The number of esters is 3. The van der Waals surface area contributed by atoms with Crippen molar-refractivity contribution in [1.82, 2.24) is 4.57 Å². The van der Waals surface area contributed by atoms with E-state index in [4.69, 9.17) is 23.7 Å². The Hall–Kier alpha value is -3.86. The minimum atomic E-state index is -0.824. The lowest BCUT2D eigenvalue weighted by Crippen LogP contribution is -2.38. The second-order valence-electron chi connectivity index (χ2n) is 8.30. The van der Waals surface area contributed by atoms with Crippen LogP contribution in [0.15, 0.2) is 35.5 Å². The van der Waals surface area contributed by atoms with E-state index in [1.807, 2.05) is 0 Å². The number of ether oxygens (including phenoxy) is 5. The number of hydrogen-bond acceptors (Lipinski definition) is 10. The van der Waals surface area contributed by atoms with Gasteiger partial charge in [-0.1, -0.05) is 6.07 Å². The molecule has 3 rings (SSSR count). The van der Waals surface area contributed by atoms with Crippen molar-refractivity contribution in [2.24, 2.45) is 0 Å². The van der Waals surface area contributed by atoms with Gasteiger partial charge in [-0.15, -0.1) is 0 Å². The fourth-order valence-electron chi connectivity index (χ4n) is 3.46. The zero-order valence-corrected chi connectivity index (χ0v) is 19.8. The molecule has 0 radical (unpaired) electrons. The maximum Gasteiger partial charge on any atom is 0.419 e. The highest BCUT2D eigenvalue weighted by Gasteiger charge is 2.33. The predicted octanol–water partition coefficient (Wildman–Crippen LogP) is 2.61. The SMILES string of the molecule is COC(=O)C1=C(C(=O)OC)N(c2ccc3cc(C(=O)OC)n(C(=O)OC(C)(C)C)c3c2)COC1. The zero-order chi connectivity index (χ0) is 25.2. The molecule has 1 aromatic heterocycles. The standard InChI is InChI=1S/C23H26N2O9/c1-23(2,3)34-22(29)25-16-10-14(8-7-13(16)9-17(25)20(27)31-5)24-12-33-11-15(19(26)30-4)18(24)21(28)32-6/h7-10H,11-12H2,1-6H3. The van der Waals surface area contributed by atoms with Gasteiger partial charge in [-0.3, -0.25) is 0 Å². The van der Waals surface area contributed by atoms with Gasteiger partial charge in [-0.05, 0) is 39.0 Å². The largest absolute Gasteiger partial charge is 0.466 e. The van der Waals surface area contributed by atoms with Gasteiger partial charge in [0.25, 0.3) is 0 Å². The Labute approximate surface area is 195 Å². The molecule has 2 heterocycles. The van der Waals surface area contributed by atoms with Crippen molar-refractivity contribution in [3.63, 3.8) is 0 Å². The van der Waals surface area contributed by atoms with Gasteiger partial charge in [0, 0.05) is 11.1 Å². The van der Waals surface area contributed by atoms with Gasteiger partial charge in [0.05, 0.1) is 39.0 Å². The number of rotatable bonds is 4. The maximum atomic E-state index is 13.0. The van der Waals surface area contributed by atoms with E-state index in [2.05, 4.69) is 0 Å². The molecule has 11 heteroatoms. The first-order valence-corrected chi connectivity index (χ1v) is 10.2. The first kappa shape index (κ1) is 24.8. The molecule has 34 heavy (non-hydrogen) atoms. The van der Waals surface area contributed by atoms with E-state index in [-0.39, 0.29) is 30.3 Å². The van der Waals surface area contributed by atoms with E-state index in [1.165, 1.54) is 32.3 Å². The van der Waals surface area contributed by atoms with Crippen molar-refractivity contribution >= 4 is 40.6 Å². The molecule has 2 aromatic rings. The van der Waals surface area contributed by atoms with E-state index >= 15 is 0 Å². The topological polar surface area (TPSA) is 123 Å². The number of methoxy groups -OCH3 is 3. The molecule has 0 unspecified atom stereocenters. The van der Waals surface area contributed by atoms with Crippen molar-refractivity contribution < 1.29 is 42.9 Å². The first-order chi connectivity index (χ1) is 16.0. The molecule has 1 aromatic carbocycles. The number of fused-ring (bicyclic) bond motifs is 1. The summed E-state index contributed by atoms with van der Waals surface area (Å²) in [4.78, 5) is 51.7. The van der Waals surface area contributed by atoms with Crippen molar-refractivity contribution in [1.29, 1.82) is 0 Å². The van der Waals surface area contributed by atoms with Crippen molar-refractivity contribution in [2.45, 2.75) is 26.4 Å². The molecule has 0 bridgehead atoms. The van der Waals surface area contributed by atoms with Crippen LogP contribution in [-0.4, -0.2) is 68.8 Å². The lowest BCUT2D eigenvalue weighted by atomic mass is 10.1. The quantitative estimate of drug-likeness (QED) is 0.483. The highest BCUT2D eigenvalue weighted by molar-refractivity contribution is 6.05. The number of aromatic nitrogens is 1. The van der Waals surface area contributed by atoms with Gasteiger partial charge >= 0.3 is 24.0 Å². The van der Waals surface area contributed by atoms with Crippen LogP contribution in [0.5, 0.6) is 0 Å². The Morgan fingerprint density at radius 1 is 0.912 bits per heavy atom. The Bertz CT molecular complexity index is 1190. The first-order valence-electron chi connectivity index (χ1n) is 10.2. The molecule has 0 saturated heterocycles. The number of carbonyl (C=O) groups is 4. The number of carbonyl (C=O) groups excluding carboxylic acids is 4. The van der Waals surface area contributed by atoms with E-state index in [0.717, 1.165) is 4.57 Å². The second kappa shape index (κ2) is 9.56. The number of anilines is 1. The summed E-state index contributed by atoms with van der Waals surface area (Å²) in [5, 5.41) is 0.546. The summed E-state index contributed by atoms with van der Waals surface area (Å²) in [5.41, 5.74) is -0.204. The number of hydrogen-bond donors (Lipinski definition) is 0. The third-order valence-electron chi connectivity index (χ3n) is 4.90. The molecule has 1 aliphatic heterocycles. The van der Waals surface area contributed by atoms with Crippen LogP contribution in [0.2, 0.25) is 0 Å². The average molecular weight is 474 g/mol. The second-order valence-corrected chi connectivity index (χ2v) is 8.30. The Kier molecular flexibility index (Phi) is 6.96. The summed E-state index contributed by atoms with van der Waals surface area (Å²) in [6.07, 6.45) is -0.783. The van der Waals surface area contributed by atoms with Gasteiger partial charge in [-0.25, -0.2) is 23.7 Å². The fraction of sp³-hybridized carbons (Fsp3) is 0.391. The smallest absolute Gasteiger partial charge is 0.419 e. The van der Waals surface area contributed by atoms with Crippen molar-refractivity contribution in [2.75, 3.05) is 39.6 Å². The number of benzene rings is 1. The summed E-state index contributed by atoms with van der Waals surface area (Å²) in [6, 6.07) is 6.37. The third-order valence-corrected chi connectivity index (χ3v) is 4.90. The lowest BCUT2D eigenvalue weighted by Gasteiger charge is -2.31. The predicted molar refractivity (Wildman–Crippen MR) is 119 cm³/mol. The summed E-state index contributed by atoms with van der Waals surface area (Å²) in [6.45, 7) is 4.89. The molecule has 0 fully saturated rings. The molecule has 1 aliphatic rings. The van der Waals surface area contributed by atoms with Crippen molar-refractivity contribution in [3.05, 3.63) is 41.2 Å². The number of nitrogens with zero attached hydrogens (tertiary/aromatic N) is 2. The van der Waals surface area contributed by atoms with Crippen LogP contribution in [-0.2, 0) is 33.3 Å². The maximum absolute atomic E-state index is 13.0.